The molecule has 0 saturated carbocycles. The van der Waals surface area contributed by atoms with Gasteiger partial charge in [0.15, 0.2) is 0 Å². The highest BCUT2D eigenvalue weighted by Crippen LogP contribution is 2.23. The van der Waals surface area contributed by atoms with Crippen LogP contribution in [0.1, 0.15) is 28.8 Å². The summed E-state index contributed by atoms with van der Waals surface area (Å²) in [5, 5.41) is 11.0. The lowest BCUT2D eigenvalue weighted by molar-refractivity contribution is -0.385. The second-order valence-corrected chi connectivity index (χ2v) is 6.59. The number of para-hydroxylation sites is 1. The zero-order chi connectivity index (χ0) is 20.1. The van der Waals surface area contributed by atoms with Gasteiger partial charge in [0.05, 0.1) is 16.4 Å². The third-order valence-electron chi connectivity index (χ3n) is 4.69. The first-order valence-corrected chi connectivity index (χ1v) is 8.89. The van der Waals surface area contributed by atoms with Gasteiger partial charge in [0.25, 0.3) is 11.6 Å². The molecule has 146 valence electrons. The standard InChI is InChI=1S/C20H19FN2O5/c21-17-9-7-14(8-10-17)19(24)22-11-3-5-15(12-22)20(25)28-13-16-4-1-2-6-18(16)23(26)27/h1-2,4,6-10,15H,3,5,11-13H2. The Kier molecular flexibility index (Phi) is 5.98. The van der Waals surface area contributed by atoms with Gasteiger partial charge in [-0.2, -0.15) is 0 Å². The first-order valence-electron chi connectivity index (χ1n) is 8.89. The molecule has 0 radical (unpaired) electrons. The number of rotatable bonds is 5. The number of carbonyl (C=O) groups is 2. The zero-order valence-electron chi connectivity index (χ0n) is 15.0. The second kappa shape index (κ2) is 8.60. The Hall–Kier alpha value is -3.29. The van der Waals surface area contributed by atoms with Gasteiger partial charge >= 0.3 is 5.97 Å². The molecule has 1 unspecified atom stereocenters. The molecule has 1 atom stereocenters. The summed E-state index contributed by atoms with van der Waals surface area (Å²) in [6.07, 6.45) is 1.21. The SMILES string of the molecule is O=C(OCc1ccccc1[N+](=O)[O-])C1CCCN(C(=O)c2ccc(F)cc2)C1. The van der Waals surface area contributed by atoms with Gasteiger partial charge in [-0.25, -0.2) is 4.39 Å². The maximum atomic E-state index is 13.0. The summed E-state index contributed by atoms with van der Waals surface area (Å²) in [6, 6.07) is 11.3. The lowest BCUT2D eigenvalue weighted by Crippen LogP contribution is -2.42. The van der Waals surface area contributed by atoms with Crippen LogP contribution in [0, 0.1) is 21.8 Å². The van der Waals surface area contributed by atoms with Crippen LogP contribution in [0.4, 0.5) is 10.1 Å². The number of likely N-dealkylation sites (tertiary alicyclic amines) is 1. The van der Waals surface area contributed by atoms with Crippen LogP contribution in [0.25, 0.3) is 0 Å². The number of ether oxygens (including phenoxy) is 1. The van der Waals surface area contributed by atoms with Gasteiger partial charge in [-0.05, 0) is 43.2 Å². The summed E-state index contributed by atoms with van der Waals surface area (Å²) in [4.78, 5) is 37.0. The Morgan fingerprint density at radius 3 is 2.61 bits per heavy atom. The minimum absolute atomic E-state index is 0.105. The van der Waals surface area contributed by atoms with E-state index >= 15 is 0 Å². The van der Waals surface area contributed by atoms with E-state index in [0.29, 0.717) is 30.5 Å². The van der Waals surface area contributed by atoms with Crippen LogP contribution in [0.15, 0.2) is 48.5 Å². The van der Waals surface area contributed by atoms with Crippen LogP contribution in [-0.2, 0) is 16.1 Å². The summed E-state index contributed by atoms with van der Waals surface area (Å²) < 4.78 is 18.3. The van der Waals surface area contributed by atoms with Crippen molar-refractivity contribution in [3.8, 4) is 0 Å². The van der Waals surface area contributed by atoms with E-state index in [0.717, 1.165) is 0 Å². The highest BCUT2D eigenvalue weighted by atomic mass is 19.1. The topological polar surface area (TPSA) is 89.8 Å². The molecule has 1 saturated heterocycles. The van der Waals surface area contributed by atoms with Gasteiger partial charge in [-0.1, -0.05) is 12.1 Å². The summed E-state index contributed by atoms with van der Waals surface area (Å²) in [5.74, 6) is -1.68. The van der Waals surface area contributed by atoms with E-state index in [-0.39, 0.29) is 24.7 Å². The van der Waals surface area contributed by atoms with Gasteiger partial charge in [-0.3, -0.25) is 19.7 Å². The van der Waals surface area contributed by atoms with E-state index in [1.54, 1.807) is 17.0 Å². The molecule has 28 heavy (non-hydrogen) atoms. The predicted octanol–water partition coefficient (Wildman–Crippen LogP) is 3.33. The van der Waals surface area contributed by atoms with Crippen LogP contribution < -0.4 is 0 Å². The number of hydrogen-bond acceptors (Lipinski definition) is 5. The molecular formula is C20H19FN2O5. The number of nitro groups is 1. The third-order valence-corrected chi connectivity index (χ3v) is 4.69. The van der Waals surface area contributed by atoms with Crippen molar-refractivity contribution in [2.24, 2.45) is 5.92 Å². The number of halogens is 1. The molecule has 0 N–H and O–H groups in total. The van der Waals surface area contributed by atoms with Crippen molar-refractivity contribution in [3.05, 3.63) is 75.6 Å². The van der Waals surface area contributed by atoms with E-state index in [1.807, 2.05) is 0 Å². The van der Waals surface area contributed by atoms with Crippen molar-refractivity contribution in [2.75, 3.05) is 13.1 Å². The number of esters is 1. The van der Waals surface area contributed by atoms with E-state index in [2.05, 4.69) is 0 Å². The fraction of sp³-hybridized carbons (Fsp3) is 0.300. The van der Waals surface area contributed by atoms with Crippen molar-refractivity contribution in [2.45, 2.75) is 19.4 Å². The molecule has 0 aliphatic carbocycles. The fourth-order valence-electron chi connectivity index (χ4n) is 3.21. The van der Waals surface area contributed by atoms with Crippen molar-refractivity contribution in [3.63, 3.8) is 0 Å². The third kappa shape index (κ3) is 4.51. The molecule has 0 spiro atoms. The quantitative estimate of drug-likeness (QED) is 0.447. The Balaban J connectivity index is 1.61. The second-order valence-electron chi connectivity index (χ2n) is 6.59. The Morgan fingerprint density at radius 2 is 1.89 bits per heavy atom. The number of amides is 1. The van der Waals surface area contributed by atoms with E-state index in [4.69, 9.17) is 4.74 Å². The molecule has 7 nitrogen and oxygen atoms in total. The largest absolute Gasteiger partial charge is 0.460 e. The zero-order valence-corrected chi connectivity index (χ0v) is 15.0. The molecule has 2 aromatic carbocycles. The molecular weight excluding hydrogens is 367 g/mol. The van der Waals surface area contributed by atoms with Crippen LogP contribution >= 0.6 is 0 Å². The summed E-state index contributed by atoms with van der Waals surface area (Å²) in [6.45, 7) is 0.508. The van der Waals surface area contributed by atoms with Crippen molar-refractivity contribution < 1.29 is 23.6 Å². The predicted molar refractivity (Wildman–Crippen MR) is 97.9 cm³/mol. The van der Waals surface area contributed by atoms with Gasteiger partial charge < -0.3 is 9.64 Å². The minimum Gasteiger partial charge on any atom is -0.460 e. The molecule has 1 heterocycles. The van der Waals surface area contributed by atoms with E-state index in [9.17, 15) is 24.1 Å². The van der Waals surface area contributed by atoms with Gasteiger partial charge in [0.1, 0.15) is 12.4 Å². The monoisotopic (exact) mass is 386 g/mol. The molecule has 1 fully saturated rings. The number of benzene rings is 2. The van der Waals surface area contributed by atoms with Crippen LogP contribution in [0.5, 0.6) is 0 Å². The Labute approximate surface area is 160 Å². The molecule has 0 aromatic heterocycles. The van der Waals surface area contributed by atoms with Crippen LogP contribution in [0.2, 0.25) is 0 Å². The molecule has 1 aliphatic heterocycles. The molecule has 1 aliphatic rings. The van der Waals surface area contributed by atoms with Crippen LogP contribution in [-0.4, -0.2) is 34.8 Å². The Morgan fingerprint density at radius 1 is 1.18 bits per heavy atom. The number of hydrogen-bond donors (Lipinski definition) is 0. The minimum atomic E-state index is -0.521. The molecule has 0 bridgehead atoms. The highest BCUT2D eigenvalue weighted by Gasteiger charge is 2.30. The lowest BCUT2D eigenvalue weighted by Gasteiger charge is -2.31. The average Bonchev–Trinajstić information content (AvgIpc) is 2.72. The molecule has 3 rings (SSSR count). The number of nitrogens with zero attached hydrogens (tertiary/aromatic N) is 2. The van der Waals surface area contributed by atoms with E-state index in [1.165, 1.54) is 36.4 Å². The van der Waals surface area contributed by atoms with Crippen molar-refractivity contribution in [1.82, 2.24) is 4.90 Å². The van der Waals surface area contributed by atoms with Gasteiger partial charge in [0.2, 0.25) is 0 Å². The molecule has 1 amide bonds. The first kappa shape index (κ1) is 19.5. The van der Waals surface area contributed by atoms with Gasteiger partial charge in [0, 0.05) is 24.7 Å². The number of carbonyl (C=O) groups excluding carboxylic acids is 2. The maximum Gasteiger partial charge on any atom is 0.311 e. The normalized spacial score (nSPS) is 16.5. The highest BCUT2D eigenvalue weighted by molar-refractivity contribution is 5.94. The van der Waals surface area contributed by atoms with Crippen molar-refractivity contribution >= 4 is 17.6 Å². The number of nitro benzene ring substituents is 1. The molecule has 8 heteroatoms. The first-order chi connectivity index (χ1) is 13.5. The number of piperidine rings is 1. The summed E-state index contributed by atoms with van der Waals surface area (Å²) >= 11 is 0. The lowest BCUT2D eigenvalue weighted by atomic mass is 9.97. The van der Waals surface area contributed by atoms with Crippen molar-refractivity contribution in [1.29, 1.82) is 0 Å². The summed E-state index contributed by atoms with van der Waals surface area (Å²) in [5.41, 5.74) is 0.568. The Bertz CT molecular complexity index is 884. The summed E-state index contributed by atoms with van der Waals surface area (Å²) in [7, 11) is 0. The average molecular weight is 386 g/mol. The smallest absolute Gasteiger partial charge is 0.311 e. The van der Waals surface area contributed by atoms with Gasteiger partial charge in [-0.15, -0.1) is 0 Å². The maximum absolute atomic E-state index is 13.0. The van der Waals surface area contributed by atoms with Crippen LogP contribution in [0.3, 0.4) is 0 Å². The molecule has 2 aromatic rings. The fourth-order valence-corrected chi connectivity index (χ4v) is 3.21. The van der Waals surface area contributed by atoms with E-state index < -0.39 is 22.6 Å².